The number of hydrogen-bond donors (Lipinski definition) is 1. The minimum atomic E-state index is -0.143. The predicted molar refractivity (Wildman–Crippen MR) is 78.7 cm³/mol. The van der Waals surface area contributed by atoms with Gasteiger partial charge in [-0.1, -0.05) is 29.0 Å². The number of hydrogen-bond acceptors (Lipinski definition) is 6. The molecule has 1 saturated carbocycles. The lowest BCUT2D eigenvalue weighted by atomic mass is 10.5. The number of aromatic nitrogens is 2. The van der Waals surface area contributed by atoms with Crippen LogP contribution in [0.4, 0.5) is 5.13 Å². The van der Waals surface area contributed by atoms with Gasteiger partial charge in [-0.3, -0.25) is 14.5 Å². The van der Waals surface area contributed by atoms with E-state index in [0.29, 0.717) is 9.47 Å². The average molecular weight is 310 g/mol. The molecule has 0 bridgehead atoms. The number of anilines is 1. The Morgan fingerprint density at radius 2 is 2.30 bits per heavy atom. The molecule has 0 atom stereocenters. The SMILES string of the molecule is C#CCNC(=O)CSc1nnc(N(C(C)=O)C2CC2)s1. The van der Waals surface area contributed by atoms with E-state index in [9.17, 15) is 9.59 Å². The van der Waals surface area contributed by atoms with Crippen molar-refractivity contribution in [1.29, 1.82) is 0 Å². The Hall–Kier alpha value is -1.59. The highest BCUT2D eigenvalue weighted by molar-refractivity contribution is 8.01. The number of amides is 2. The monoisotopic (exact) mass is 310 g/mol. The second kappa shape index (κ2) is 6.72. The number of rotatable bonds is 6. The summed E-state index contributed by atoms with van der Waals surface area (Å²) < 4.78 is 0.669. The first kappa shape index (κ1) is 14.8. The van der Waals surface area contributed by atoms with Crippen molar-refractivity contribution in [1.82, 2.24) is 15.5 Å². The molecule has 0 spiro atoms. The zero-order valence-corrected chi connectivity index (χ0v) is 12.6. The number of terminal acetylenes is 1. The molecule has 0 radical (unpaired) electrons. The molecule has 2 rings (SSSR count). The Kier molecular flexibility index (Phi) is 4.98. The Labute approximate surface area is 125 Å². The Morgan fingerprint density at radius 1 is 1.55 bits per heavy atom. The standard InChI is InChI=1S/C12H14N4O2S2/c1-3-6-13-10(18)7-19-12-15-14-11(20-12)16(8(2)17)9-4-5-9/h1,9H,4-7H2,2H3,(H,13,18). The Bertz CT molecular complexity index is 548. The van der Waals surface area contributed by atoms with Gasteiger partial charge in [0.05, 0.1) is 12.3 Å². The number of thioether (sulfide) groups is 1. The van der Waals surface area contributed by atoms with Crippen LogP contribution in [0, 0.1) is 12.3 Å². The largest absolute Gasteiger partial charge is 0.344 e. The fraction of sp³-hybridized carbons (Fsp3) is 0.500. The minimum Gasteiger partial charge on any atom is -0.344 e. The number of nitrogens with zero attached hydrogens (tertiary/aromatic N) is 3. The van der Waals surface area contributed by atoms with Crippen LogP contribution in [0.15, 0.2) is 4.34 Å². The van der Waals surface area contributed by atoms with Crippen molar-refractivity contribution in [2.45, 2.75) is 30.1 Å². The summed E-state index contributed by atoms with van der Waals surface area (Å²) in [6.07, 6.45) is 7.07. The maximum absolute atomic E-state index is 11.6. The van der Waals surface area contributed by atoms with E-state index in [1.54, 1.807) is 4.90 Å². The quantitative estimate of drug-likeness (QED) is 0.480. The maximum atomic E-state index is 11.6. The first-order valence-electron chi connectivity index (χ1n) is 6.08. The first-order chi connectivity index (χ1) is 9.61. The van der Waals surface area contributed by atoms with E-state index >= 15 is 0 Å². The summed E-state index contributed by atoms with van der Waals surface area (Å²) in [6, 6.07) is 0.261. The van der Waals surface area contributed by atoms with E-state index in [-0.39, 0.29) is 30.2 Å². The second-order valence-electron chi connectivity index (χ2n) is 4.24. The molecule has 1 aromatic heterocycles. The molecule has 20 heavy (non-hydrogen) atoms. The molecule has 1 fully saturated rings. The van der Waals surface area contributed by atoms with E-state index in [1.807, 2.05) is 0 Å². The van der Waals surface area contributed by atoms with Crippen LogP contribution in [0.3, 0.4) is 0 Å². The predicted octanol–water partition coefficient (Wildman–Crippen LogP) is 0.895. The van der Waals surface area contributed by atoms with Crippen LogP contribution in [-0.4, -0.2) is 40.4 Å². The highest BCUT2D eigenvalue weighted by Gasteiger charge is 2.34. The maximum Gasteiger partial charge on any atom is 0.231 e. The van der Waals surface area contributed by atoms with Crippen molar-refractivity contribution in [3.8, 4) is 12.3 Å². The van der Waals surface area contributed by atoms with E-state index in [2.05, 4.69) is 21.4 Å². The summed E-state index contributed by atoms with van der Waals surface area (Å²) in [4.78, 5) is 24.7. The molecule has 6 nitrogen and oxygen atoms in total. The van der Waals surface area contributed by atoms with Crippen LogP contribution in [0.2, 0.25) is 0 Å². The van der Waals surface area contributed by atoms with Crippen molar-refractivity contribution >= 4 is 40.0 Å². The van der Waals surface area contributed by atoms with Crippen LogP contribution in [0.25, 0.3) is 0 Å². The van der Waals surface area contributed by atoms with Gasteiger partial charge in [0.2, 0.25) is 16.9 Å². The van der Waals surface area contributed by atoms with Crippen molar-refractivity contribution in [2.75, 3.05) is 17.2 Å². The summed E-state index contributed by atoms with van der Waals surface area (Å²) in [5.74, 6) is 2.41. The first-order valence-corrected chi connectivity index (χ1v) is 7.88. The molecule has 0 unspecified atom stereocenters. The summed E-state index contributed by atoms with van der Waals surface area (Å²) >= 11 is 2.62. The van der Waals surface area contributed by atoms with Gasteiger partial charge in [0, 0.05) is 13.0 Å². The summed E-state index contributed by atoms with van der Waals surface area (Å²) in [7, 11) is 0. The van der Waals surface area contributed by atoms with Gasteiger partial charge in [-0.05, 0) is 12.8 Å². The summed E-state index contributed by atoms with van der Waals surface area (Å²) in [5.41, 5.74) is 0. The highest BCUT2D eigenvalue weighted by atomic mass is 32.2. The fourth-order valence-electron chi connectivity index (χ4n) is 1.57. The van der Waals surface area contributed by atoms with Gasteiger partial charge >= 0.3 is 0 Å². The van der Waals surface area contributed by atoms with Gasteiger partial charge in [0.25, 0.3) is 0 Å². The van der Waals surface area contributed by atoms with Crippen LogP contribution in [0.1, 0.15) is 19.8 Å². The van der Waals surface area contributed by atoms with Crippen LogP contribution < -0.4 is 10.2 Å². The molecular formula is C12H14N4O2S2. The minimum absolute atomic E-state index is 0.0213. The van der Waals surface area contributed by atoms with Crippen molar-refractivity contribution in [3.05, 3.63) is 0 Å². The van der Waals surface area contributed by atoms with Gasteiger partial charge in [0.1, 0.15) is 0 Å². The lowest BCUT2D eigenvalue weighted by molar-refractivity contribution is -0.118. The number of carbonyl (C=O) groups is 2. The van der Waals surface area contributed by atoms with Crippen molar-refractivity contribution < 1.29 is 9.59 Å². The fourth-order valence-corrected chi connectivity index (χ4v) is 3.35. The van der Waals surface area contributed by atoms with E-state index in [0.717, 1.165) is 12.8 Å². The molecule has 2 amide bonds. The van der Waals surface area contributed by atoms with Gasteiger partial charge in [0.15, 0.2) is 4.34 Å². The third-order valence-electron chi connectivity index (χ3n) is 2.57. The molecule has 1 N–H and O–H groups in total. The topological polar surface area (TPSA) is 75.2 Å². The molecule has 0 saturated heterocycles. The van der Waals surface area contributed by atoms with Crippen LogP contribution >= 0.6 is 23.1 Å². The molecule has 0 aliphatic heterocycles. The summed E-state index contributed by atoms with van der Waals surface area (Å²) in [6.45, 7) is 1.75. The Morgan fingerprint density at radius 3 is 2.90 bits per heavy atom. The molecule has 1 aromatic rings. The third kappa shape index (κ3) is 3.95. The van der Waals surface area contributed by atoms with Crippen LogP contribution in [0.5, 0.6) is 0 Å². The van der Waals surface area contributed by atoms with E-state index < -0.39 is 0 Å². The zero-order chi connectivity index (χ0) is 14.5. The molecule has 1 aliphatic rings. The molecule has 0 aromatic carbocycles. The normalized spacial score (nSPS) is 13.6. The highest BCUT2D eigenvalue weighted by Crippen LogP contribution is 2.35. The van der Waals surface area contributed by atoms with Crippen molar-refractivity contribution in [2.24, 2.45) is 0 Å². The van der Waals surface area contributed by atoms with Gasteiger partial charge in [-0.25, -0.2) is 0 Å². The third-order valence-corrected chi connectivity index (χ3v) is 4.62. The lowest BCUT2D eigenvalue weighted by Gasteiger charge is -2.15. The van der Waals surface area contributed by atoms with Gasteiger partial charge in [-0.2, -0.15) is 0 Å². The zero-order valence-electron chi connectivity index (χ0n) is 11.0. The van der Waals surface area contributed by atoms with E-state index in [1.165, 1.54) is 30.0 Å². The smallest absolute Gasteiger partial charge is 0.231 e. The van der Waals surface area contributed by atoms with Crippen LogP contribution in [-0.2, 0) is 9.59 Å². The Balaban J connectivity index is 1.90. The van der Waals surface area contributed by atoms with Gasteiger partial charge in [-0.15, -0.1) is 16.6 Å². The second-order valence-corrected chi connectivity index (χ2v) is 6.42. The lowest BCUT2D eigenvalue weighted by Crippen LogP contribution is -2.30. The molecular weight excluding hydrogens is 296 g/mol. The number of carbonyl (C=O) groups excluding carboxylic acids is 2. The number of nitrogens with one attached hydrogen (secondary N) is 1. The van der Waals surface area contributed by atoms with Gasteiger partial charge < -0.3 is 5.32 Å². The molecule has 1 heterocycles. The summed E-state index contributed by atoms with van der Waals surface area (Å²) in [5, 5.41) is 11.2. The molecule has 1 aliphatic carbocycles. The molecule has 8 heteroatoms. The van der Waals surface area contributed by atoms with E-state index in [4.69, 9.17) is 6.42 Å². The average Bonchev–Trinajstić information content (AvgIpc) is 3.12. The molecule has 106 valence electrons. The van der Waals surface area contributed by atoms with Crippen molar-refractivity contribution in [3.63, 3.8) is 0 Å².